The minimum Gasteiger partial charge on any atom is -0.508 e. The molecule has 24 nitrogen and oxygen atoms in total. The van der Waals surface area contributed by atoms with E-state index in [0.717, 1.165) is 18.2 Å². The third-order valence-electron chi connectivity index (χ3n) is 11.0. The van der Waals surface area contributed by atoms with Crippen molar-refractivity contribution in [3.05, 3.63) is 89.2 Å². The van der Waals surface area contributed by atoms with Gasteiger partial charge in [-0.1, -0.05) is 24.3 Å². The largest absolute Gasteiger partial charge is 0.508 e. The Bertz CT molecular complexity index is 2300. The first-order valence-corrected chi connectivity index (χ1v) is 20.8. The van der Waals surface area contributed by atoms with E-state index < -0.39 is 142 Å². The maximum absolute atomic E-state index is 12.8. The number of carbonyl (C=O) groups is 3. The fourth-order valence-electron chi connectivity index (χ4n) is 7.36. The first kappa shape index (κ1) is 49.8. The summed E-state index contributed by atoms with van der Waals surface area (Å²) in [6, 6.07) is 13.5. The van der Waals surface area contributed by atoms with Crippen molar-refractivity contribution in [1.29, 1.82) is 0 Å². The van der Waals surface area contributed by atoms with Gasteiger partial charge in [0.1, 0.15) is 115 Å². The minimum absolute atomic E-state index is 0.00346. The van der Waals surface area contributed by atoms with Gasteiger partial charge in [0.25, 0.3) is 0 Å². The number of carboxylic acids is 1. The quantitative estimate of drug-likeness (QED) is 0.0446. The molecule has 368 valence electrons. The van der Waals surface area contributed by atoms with Crippen molar-refractivity contribution in [2.45, 2.75) is 98.5 Å². The van der Waals surface area contributed by atoms with Gasteiger partial charge in [-0.2, -0.15) is 0 Å². The van der Waals surface area contributed by atoms with Crippen molar-refractivity contribution in [2.24, 2.45) is 0 Å². The Labute approximate surface area is 384 Å². The van der Waals surface area contributed by atoms with E-state index in [-0.39, 0.29) is 39.9 Å². The number of carboxylic acid groups (broad SMARTS) is 1. The summed E-state index contributed by atoms with van der Waals surface area (Å²) in [5.74, 6) is -4.90. The van der Waals surface area contributed by atoms with Crippen LogP contribution < -0.4 is 9.47 Å². The van der Waals surface area contributed by atoms with Crippen molar-refractivity contribution >= 4 is 30.1 Å². The van der Waals surface area contributed by atoms with Gasteiger partial charge in [-0.15, -0.1) is 0 Å². The second-order valence-corrected chi connectivity index (χ2v) is 15.9. The number of aliphatic hydroxyl groups excluding tert-OH is 8. The molecule has 0 aromatic heterocycles. The number of phenols is 3. The van der Waals surface area contributed by atoms with Crippen LogP contribution in [0.3, 0.4) is 0 Å². The fraction of sp³-hybridized carbons (Fsp3) is 0.432. The van der Waals surface area contributed by atoms with Crippen molar-refractivity contribution in [3.63, 3.8) is 0 Å². The maximum Gasteiger partial charge on any atom is 0.330 e. The van der Waals surface area contributed by atoms with Gasteiger partial charge < -0.3 is 104 Å². The molecule has 15 atom stereocenters. The molecule has 0 spiro atoms. The van der Waals surface area contributed by atoms with Gasteiger partial charge in [0.05, 0.1) is 12.2 Å². The van der Waals surface area contributed by atoms with Crippen LogP contribution in [0.1, 0.15) is 29.2 Å². The zero-order valence-corrected chi connectivity index (χ0v) is 35.3. The van der Waals surface area contributed by atoms with Crippen molar-refractivity contribution in [3.8, 4) is 28.7 Å². The van der Waals surface area contributed by atoms with Crippen LogP contribution in [-0.2, 0) is 47.5 Å². The zero-order chi connectivity index (χ0) is 49.0. The van der Waals surface area contributed by atoms with Gasteiger partial charge in [0.2, 0.25) is 12.6 Å². The molecule has 0 radical (unpaired) electrons. The van der Waals surface area contributed by atoms with Gasteiger partial charge in [-0.25, -0.2) is 4.79 Å². The Kier molecular flexibility index (Phi) is 15.7. The Morgan fingerprint density at radius 2 is 1.28 bits per heavy atom. The van der Waals surface area contributed by atoms with E-state index in [1.54, 1.807) is 0 Å². The van der Waals surface area contributed by atoms with E-state index in [9.17, 15) is 70.6 Å². The topological polar surface area (TPSA) is 377 Å². The maximum atomic E-state index is 12.8. The van der Waals surface area contributed by atoms with Crippen LogP contribution in [0.25, 0.3) is 12.2 Å². The van der Waals surface area contributed by atoms with E-state index in [0.29, 0.717) is 5.56 Å². The number of hydrogen-bond donors (Lipinski definition) is 12. The van der Waals surface area contributed by atoms with Crippen LogP contribution in [0.2, 0.25) is 0 Å². The summed E-state index contributed by atoms with van der Waals surface area (Å²) in [6.07, 6.45) is -24.0. The SMILES string of the molecule is O=C(O)CC(=O)OC[C@H]1O[C@@H](Oc2cc(O)cc3c2C=C(O[C@@H]2O[C@H](COC(=O)/C=C/c4ccc(O)cc4)[C@@H](O)[C@H](O)[C@H]2O[C@@H]2OC[C@H](O)[C@H](O)[C@@H]2O)C(c2ccc(O)cc2)O3)[C@H](O)[C@@H](O)[C@@H]1O. The van der Waals surface area contributed by atoms with Gasteiger partial charge in [-0.3, -0.25) is 9.59 Å². The molecule has 7 rings (SSSR count). The molecule has 4 aliphatic rings. The summed E-state index contributed by atoms with van der Waals surface area (Å²) in [7, 11) is 0. The molecule has 0 bridgehead atoms. The molecule has 4 aliphatic heterocycles. The second-order valence-electron chi connectivity index (χ2n) is 15.9. The van der Waals surface area contributed by atoms with Gasteiger partial charge in [0, 0.05) is 23.8 Å². The summed E-state index contributed by atoms with van der Waals surface area (Å²) < 4.78 is 51.8. The van der Waals surface area contributed by atoms with E-state index >= 15 is 0 Å². The van der Waals surface area contributed by atoms with Crippen molar-refractivity contribution in [1.82, 2.24) is 0 Å². The Morgan fingerprint density at radius 3 is 1.96 bits per heavy atom. The number of aliphatic carboxylic acids is 1. The number of rotatable bonds is 15. The first-order chi connectivity index (χ1) is 32.4. The predicted octanol–water partition coefficient (Wildman–Crippen LogP) is -1.97. The van der Waals surface area contributed by atoms with E-state index in [1.807, 2.05) is 0 Å². The molecule has 1 unspecified atom stereocenters. The Morgan fingerprint density at radius 1 is 0.662 bits per heavy atom. The molecule has 3 fully saturated rings. The minimum atomic E-state index is -1.99. The molecule has 4 heterocycles. The Balaban J connectivity index is 1.21. The molecule has 3 saturated heterocycles. The molecule has 0 saturated carbocycles. The molecule has 0 aliphatic carbocycles. The number of phenolic OH excluding ortho intramolecular Hbond substituents is 3. The summed E-state index contributed by atoms with van der Waals surface area (Å²) >= 11 is 0. The third kappa shape index (κ3) is 11.6. The Hall–Kier alpha value is -6.13. The zero-order valence-electron chi connectivity index (χ0n) is 35.3. The van der Waals surface area contributed by atoms with Crippen LogP contribution >= 0.6 is 0 Å². The van der Waals surface area contributed by atoms with Crippen LogP contribution in [0.15, 0.2) is 72.5 Å². The predicted molar refractivity (Wildman–Crippen MR) is 221 cm³/mol. The highest BCUT2D eigenvalue weighted by Gasteiger charge is 2.51. The van der Waals surface area contributed by atoms with Crippen molar-refractivity contribution < 1.29 is 118 Å². The number of benzene rings is 3. The monoisotopic (exact) mass is 960 g/mol. The fourth-order valence-corrected chi connectivity index (χ4v) is 7.36. The van der Waals surface area contributed by atoms with Crippen molar-refractivity contribution in [2.75, 3.05) is 19.8 Å². The van der Waals surface area contributed by atoms with Gasteiger partial charge >= 0.3 is 17.9 Å². The molecule has 0 amide bonds. The number of fused-ring (bicyclic) bond motifs is 1. The number of carbonyl (C=O) groups excluding carboxylic acids is 2. The summed E-state index contributed by atoms with van der Waals surface area (Å²) in [5.41, 5.74) is 0.757. The molecular weight excluding hydrogens is 912 g/mol. The highest BCUT2D eigenvalue weighted by molar-refractivity contribution is 5.90. The number of aliphatic hydroxyl groups is 8. The molecule has 24 heteroatoms. The van der Waals surface area contributed by atoms with Crippen LogP contribution in [-0.4, -0.2) is 185 Å². The lowest BCUT2D eigenvalue weighted by molar-refractivity contribution is -0.352. The molecule has 68 heavy (non-hydrogen) atoms. The highest BCUT2D eigenvalue weighted by atomic mass is 16.8. The van der Waals surface area contributed by atoms with Gasteiger partial charge in [-0.05, 0) is 42.0 Å². The lowest BCUT2D eigenvalue weighted by Gasteiger charge is -2.45. The average molecular weight is 961 g/mol. The van der Waals surface area contributed by atoms with Gasteiger partial charge in [0.15, 0.2) is 18.5 Å². The molecule has 3 aromatic carbocycles. The summed E-state index contributed by atoms with van der Waals surface area (Å²) in [6.45, 7) is -2.01. The van der Waals surface area contributed by atoms with Crippen LogP contribution in [0.4, 0.5) is 0 Å². The number of hydrogen-bond acceptors (Lipinski definition) is 23. The summed E-state index contributed by atoms with van der Waals surface area (Å²) in [4.78, 5) is 35.6. The lowest BCUT2D eigenvalue weighted by Crippen LogP contribution is -2.63. The van der Waals surface area contributed by atoms with Crippen LogP contribution in [0.5, 0.6) is 28.7 Å². The van der Waals surface area contributed by atoms with Crippen LogP contribution in [0, 0.1) is 0 Å². The average Bonchev–Trinajstić information content (AvgIpc) is 3.30. The second kappa shape index (κ2) is 21.4. The summed E-state index contributed by atoms with van der Waals surface area (Å²) in [5, 5.41) is 126. The number of ether oxygens (including phenoxy) is 9. The standard InChI is InChI=1S/C44H48O24/c45-20-6-1-18(2-7-20)3-10-31(51)60-16-29-35(55)37(57)41(68-42-38(58)33(53)24(48)15-62-42)44(67-29)65-27-13-23-25(63-40(27)19-4-8-21(46)9-5-19)11-22(47)12-26(23)64-43-39(59)36(56)34(54)28(66-43)17-61-32(52)14-30(49)50/h1-13,24,28-29,33-48,53-59H,14-17H2,(H,49,50)/b10-3+/t24-,28+,29+,33-,34+,35+,36-,37-,38-,39+,40?,41+,42-,43+,44+/m0/s1. The third-order valence-corrected chi connectivity index (χ3v) is 11.0. The van der Waals surface area contributed by atoms with E-state index in [2.05, 4.69) is 0 Å². The molecule has 12 N–H and O–H groups in total. The normalized spacial score (nSPS) is 32.5. The van der Waals surface area contributed by atoms with E-state index in [4.69, 9.17) is 47.7 Å². The molecular formula is C44H48O24. The molecule has 3 aromatic rings. The lowest BCUT2D eigenvalue weighted by atomic mass is 9.97. The number of esters is 2. The highest BCUT2D eigenvalue weighted by Crippen LogP contribution is 2.46. The number of aromatic hydroxyl groups is 3. The smallest absolute Gasteiger partial charge is 0.330 e. The first-order valence-electron chi connectivity index (χ1n) is 20.8. The van der Waals surface area contributed by atoms with E-state index in [1.165, 1.54) is 60.7 Å².